The van der Waals surface area contributed by atoms with Crippen LogP contribution in [0.2, 0.25) is 0 Å². The van der Waals surface area contributed by atoms with Crippen molar-refractivity contribution in [2.45, 2.75) is 5.03 Å². The van der Waals surface area contributed by atoms with E-state index >= 15 is 0 Å². The third-order valence-electron chi connectivity index (χ3n) is 1.84. The normalized spacial score (nSPS) is 15.1. The van der Waals surface area contributed by atoms with E-state index in [9.17, 15) is 8.42 Å². The maximum atomic E-state index is 11.3. The van der Waals surface area contributed by atoms with Crippen molar-refractivity contribution in [3.63, 3.8) is 0 Å². The van der Waals surface area contributed by atoms with Gasteiger partial charge in [0.2, 0.25) is 0 Å². The Hall–Kier alpha value is -0.820. The monoisotopic (exact) mass is 293 g/mol. The van der Waals surface area contributed by atoms with Crippen LogP contribution < -0.4 is 9.47 Å². The summed E-state index contributed by atoms with van der Waals surface area (Å²) in [4.78, 5) is 3.88. The minimum Gasteiger partial charge on any atom is -0.486 e. The second-order valence-electron chi connectivity index (χ2n) is 3.05. The van der Waals surface area contributed by atoms with Gasteiger partial charge in [0.1, 0.15) is 13.2 Å². The smallest absolute Gasteiger partial charge is 0.194 e. The van der Waals surface area contributed by atoms with Gasteiger partial charge in [0.15, 0.2) is 31.0 Å². The number of hydrogen-bond acceptors (Lipinski definition) is 5. The van der Waals surface area contributed by atoms with E-state index in [0.29, 0.717) is 29.3 Å². The highest BCUT2D eigenvalue weighted by molar-refractivity contribution is 9.10. The van der Waals surface area contributed by atoms with Crippen LogP contribution >= 0.6 is 15.9 Å². The molecular weight excluding hydrogens is 286 g/mol. The van der Waals surface area contributed by atoms with E-state index in [-0.39, 0.29) is 5.03 Å². The van der Waals surface area contributed by atoms with Gasteiger partial charge in [-0.1, -0.05) is 0 Å². The molecule has 5 nitrogen and oxygen atoms in total. The van der Waals surface area contributed by atoms with Crippen LogP contribution in [0.25, 0.3) is 0 Å². The highest BCUT2D eigenvalue weighted by atomic mass is 79.9. The third kappa shape index (κ3) is 2.07. The summed E-state index contributed by atoms with van der Waals surface area (Å²) in [6.07, 6.45) is 1.10. The highest BCUT2D eigenvalue weighted by Crippen LogP contribution is 2.37. The minimum atomic E-state index is -3.34. The summed E-state index contributed by atoms with van der Waals surface area (Å²) in [5, 5.41) is -0.0291. The van der Waals surface area contributed by atoms with E-state index in [1.165, 1.54) is 6.07 Å². The lowest BCUT2D eigenvalue weighted by molar-refractivity contribution is 0.168. The Labute approximate surface area is 95.5 Å². The van der Waals surface area contributed by atoms with Gasteiger partial charge >= 0.3 is 0 Å². The van der Waals surface area contributed by atoms with Gasteiger partial charge in [-0.3, -0.25) is 0 Å². The molecule has 0 N–H and O–H groups in total. The van der Waals surface area contributed by atoms with Gasteiger partial charge in [0.05, 0.1) is 0 Å². The molecule has 1 aliphatic heterocycles. The number of rotatable bonds is 1. The molecule has 15 heavy (non-hydrogen) atoms. The molecule has 0 saturated heterocycles. The fraction of sp³-hybridized carbons (Fsp3) is 0.375. The van der Waals surface area contributed by atoms with E-state index in [4.69, 9.17) is 9.47 Å². The maximum Gasteiger partial charge on any atom is 0.194 e. The summed E-state index contributed by atoms with van der Waals surface area (Å²) in [6, 6.07) is 1.37. The molecule has 0 unspecified atom stereocenters. The first-order valence-electron chi connectivity index (χ1n) is 4.14. The molecule has 2 heterocycles. The molecule has 0 fully saturated rings. The first-order chi connectivity index (χ1) is 6.98. The maximum absolute atomic E-state index is 11.3. The van der Waals surface area contributed by atoms with Crippen LogP contribution in [0.3, 0.4) is 0 Å². The summed E-state index contributed by atoms with van der Waals surface area (Å²) in [6.45, 7) is 0.845. The molecule has 1 aromatic heterocycles. The predicted octanol–water partition coefficient (Wildman–Crippen LogP) is 1.02. The van der Waals surface area contributed by atoms with Crippen molar-refractivity contribution in [2.75, 3.05) is 19.5 Å². The Balaban J connectivity index is 2.60. The van der Waals surface area contributed by atoms with Gasteiger partial charge < -0.3 is 9.47 Å². The van der Waals surface area contributed by atoms with Gasteiger partial charge in [-0.25, -0.2) is 13.4 Å². The molecule has 0 radical (unpaired) electrons. The zero-order chi connectivity index (χ0) is 11.1. The van der Waals surface area contributed by atoms with Crippen LogP contribution in [0, 0.1) is 0 Å². The van der Waals surface area contributed by atoms with Crippen molar-refractivity contribution < 1.29 is 17.9 Å². The van der Waals surface area contributed by atoms with E-state index in [1.807, 2.05) is 0 Å². The van der Waals surface area contributed by atoms with Gasteiger partial charge in [0, 0.05) is 12.3 Å². The molecule has 0 aromatic carbocycles. The number of halogens is 1. The number of sulfone groups is 1. The van der Waals surface area contributed by atoms with Crippen LogP contribution in [0.15, 0.2) is 15.7 Å². The lowest BCUT2D eigenvalue weighted by Crippen LogP contribution is -2.17. The van der Waals surface area contributed by atoms with E-state index in [0.717, 1.165) is 6.26 Å². The van der Waals surface area contributed by atoms with Crippen molar-refractivity contribution in [1.82, 2.24) is 4.98 Å². The highest BCUT2D eigenvalue weighted by Gasteiger charge is 2.21. The lowest BCUT2D eigenvalue weighted by atomic mass is 10.4. The van der Waals surface area contributed by atoms with Crippen molar-refractivity contribution in [2.24, 2.45) is 0 Å². The SMILES string of the molecule is CS(=O)(=O)c1cc2c(c(Br)n1)OCCO2. The largest absolute Gasteiger partial charge is 0.486 e. The molecule has 0 spiro atoms. The molecule has 82 valence electrons. The molecule has 0 amide bonds. The van der Waals surface area contributed by atoms with Gasteiger partial charge in [-0.15, -0.1) is 0 Å². The average Bonchev–Trinajstić information content (AvgIpc) is 2.16. The number of nitrogens with zero attached hydrogens (tertiary/aromatic N) is 1. The topological polar surface area (TPSA) is 65.5 Å². The number of ether oxygens (including phenoxy) is 2. The zero-order valence-corrected chi connectivity index (χ0v) is 10.3. The number of pyridine rings is 1. The van der Waals surface area contributed by atoms with Crippen molar-refractivity contribution in [3.05, 3.63) is 10.7 Å². The summed E-state index contributed by atoms with van der Waals surface area (Å²) in [5.74, 6) is 0.859. The average molecular weight is 294 g/mol. The van der Waals surface area contributed by atoms with Gasteiger partial charge in [-0.2, -0.15) is 0 Å². The fourth-order valence-electron chi connectivity index (χ4n) is 1.18. The Kier molecular flexibility index (Phi) is 2.59. The predicted molar refractivity (Wildman–Crippen MR) is 56.0 cm³/mol. The molecule has 0 atom stereocenters. The second-order valence-corrected chi connectivity index (χ2v) is 5.76. The minimum absolute atomic E-state index is 0.0291. The number of hydrogen-bond donors (Lipinski definition) is 0. The quantitative estimate of drug-likeness (QED) is 0.723. The molecule has 1 aromatic rings. The zero-order valence-electron chi connectivity index (χ0n) is 7.86. The van der Waals surface area contributed by atoms with Crippen LogP contribution in [0.1, 0.15) is 0 Å². The van der Waals surface area contributed by atoms with Crippen molar-refractivity contribution >= 4 is 25.8 Å². The molecule has 2 rings (SSSR count). The van der Waals surface area contributed by atoms with Gasteiger partial charge in [-0.05, 0) is 15.9 Å². The first-order valence-corrected chi connectivity index (χ1v) is 6.83. The number of aromatic nitrogens is 1. The van der Waals surface area contributed by atoms with E-state index in [1.54, 1.807) is 0 Å². The summed E-state index contributed by atoms with van der Waals surface area (Å²) in [5.41, 5.74) is 0. The number of fused-ring (bicyclic) bond motifs is 1. The molecule has 1 aliphatic rings. The van der Waals surface area contributed by atoms with E-state index < -0.39 is 9.84 Å². The van der Waals surface area contributed by atoms with Gasteiger partial charge in [0.25, 0.3) is 0 Å². The Morgan fingerprint density at radius 3 is 2.73 bits per heavy atom. The Morgan fingerprint density at radius 2 is 2.07 bits per heavy atom. The van der Waals surface area contributed by atoms with Crippen molar-refractivity contribution in [3.8, 4) is 11.5 Å². The standard InChI is InChI=1S/C8H8BrNO4S/c1-15(11,12)6-4-5-7(8(9)10-6)14-3-2-13-5/h4H,2-3H2,1H3. The first kappa shape index (κ1) is 10.7. The molecule has 0 bridgehead atoms. The Bertz CT molecular complexity index is 500. The molecule has 0 aliphatic carbocycles. The Morgan fingerprint density at radius 1 is 1.40 bits per heavy atom. The second kappa shape index (κ2) is 3.64. The van der Waals surface area contributed by atoms with Crippen LogP contribution in [-0.2, 0) is 9.84 Å². The van der Waals surface area contributed by atoms with Crippen LogP contribution in [-0.4, -0.2) is 32.9 Å². The fourth-order valence-corrected chi connectivity index (χ4v) is 2.38. The lowest BCUT2D eigenvalue weighted by Gasteiger charge is -2.19. The van der Waals surface area contributed by atoms with E-state index in [2.05, 4.69) is 20.9 Å². The van der Waals surface area contributed by atoms with Crippen LogP contribution in [0.5, 0.6) is 11.5 Å². The molecular formula is C8H8BrNO4S. The summed E-state index contributed by atoms with van der Waals surface area (Å²) in [7, 11) is -3.34. The molecule has 0 saturated carbocycles. The summed E-state index contributed by atoms with van der Waals surface area (Å²) >= 11 is 3.14. The van der Waals surface area contributed by atoms with Crippen molar-refractivity contribution in [1.29, 1.82) is 0 Å². The van der Waals surface area contributed by atoms with Crippen LogP contribution in [0.4, 0.5) is 0 Å². The third-order valence-corrected chi connectivity index (χ3v) is 3.35. The summed E-state index contributed by atoms with van der Waals surface area (Å²) < 4.78 is 33.5. The molecule has 7 heteroatoms.